The van der Waals surface area contributed by atoms with Crippen molar-refractivity contribution in [2.45, 2.75) is 12.5 Å². The first-order chi connectivity index (χ1) is 13.4. The van der Waals surface area contributed by atoms with Gasteiger partial charge >= 0.3 is 5.97 Å². The molecular formula is C21H19NO6. The molecule has 0 bridgehead atoms. The molecule has 1 fully saturated rings. The van der Waals surface area contributed by atoms with E-state index in [1.54, 1.807) is 54.6 Å². The Balaban J connectivity index is 2.16. The van der Waals surface area contributed by atoms with Crippen molar-refractivity contribution in [1.82, 2.24) is 4.90 Å². The summed E-state index contributed by atoms with van der Waals surface area (Å²) in [6, 6.07) is 14.3. The zero-order valence-corrected chi connectivity index (χ0v) is 15.2. The van der Waals surface area contributed by atoms with E-state index in [0.29, 0.717) is 16.9 Å². The Morgan fingerprint density at radius 2 is 1.79 bits per heavy atom. The van der Waals surface area contributed by atoms with Crippen molar-refractivity contribution in [3.05, 3.63) is 71.3 Å². The molecule has 1 aliphatic rings. The summed E-state index contributed by atoms with van der Waals surface area (Å²) in [5.41, 5.74) is 0.864. The van der Waals surface area contributed by atoms with E-state index in [-0.39, 0.29) is 24.3 Å². The molecule has 0 aliphatic carbocycles. The van der Waals surface area contributed by atoms with Crippen molar-refractivity contribution < 1.29 is 29.3 Å². The molecule has 1 heterocycles. The molecule has 1 unspecified atom stereocenters. The van der Waals surface area contributed by atoms with Crippen molar-refractivity contribution in [3.8, 4) is 5.75 Å². The Hall–Kier alpha value is -3.61. The maximum Gasteiger partial charge on any atom is 0.305 e. The highest BCUT2D eigenvalue weighted by molar-refractivity contribution is 6.46. The molecule has 0 radical (unpaired) electrons. The van der Waals surface area contributed by atoms with Gasteiger partial charge in [0, 0.05) is 12.1 Å². The average molecular weight is 381 g/mol. The number of amides is 1. The van der Waals surface area contributed by atoms with Crippen LogP contribution in [-0.4, -0.2) is 46.4 Å². The Morgan fingerprint density at radius 1 is 1.07 bits per heavy atom. The van der Waals surface area contributed by atoms with Gasteiger partial charge < -0.3 is 19.8 Å². The summed E-state index contributed by atoms with van der Waals surface area (Å²) >= 11 is 0. The lowest BCUT2D eigenvalue weighted by molar-refractivity contribution is -0.142. The molecule has 1 atom stereocenters. The molecule has 0 spiro atoms. The fourth-order valence-corrected chi connectivity index (χ4v) is 3.24. The Labute approximate surface area is 161 Å². The van der Waals surface area contributed by atoms with Crippen molar-refractivity contribution in [2.75, 3.05) is 13.7 Å². The van der Waals surface area contributed by atoms with Crippen molar-refractivity contribution >= 4 is 23.4 Å². The molecule has 7 heteroatoms. The number of Topliss-reactive ketones (excluding diaryl/α,β-unsaturated/α-hetero) is 1. The van der Waals surface area contributed by atoms with Crippen LogP contribution in [0.2, 0.25) is 0 Å². The number of benzene rings is 2. The van der Waals surface area contributed by atoms with E-state index in [4.69, 9.17) is 9.84 Å². The van der Waals surface area contributed by atoms with Crippen LogP contribution < -0.4 is 4.74 Å². The first-order valence-corrected chi connectivity index (χ1v) is 8.63. The van der Waals surface area contributed by atoms with E-state index in [9.17, 15) is 19.5 Å². The van der Waals surface area contributed by atoms with Gasteiger partial charge in [-0.15, -0.1) is 0 Å². The predicted molar refractivity (Wildman–Crippen MR) is 101 cm³/mol. The summed E-state index contributed by atoms with van der Waals surface area (Å²) in [6.07, 6.45) is -0.321. The number of ketones is 1. The van der Waals surface area contributed by atoms with E-state index < -0.39 is 23.7 Å². The van der Waals surface area contributed by atoms with E-state index in [0.717, 1.165) is 0 Å². The number of carbonyl (C=O) groups excluding carboxylic acids is 2. The second kappa shape index (κ2) is 7.96. The van der Waals surface area contributed by atoms with Crippen LogP contribution in [0.3, 0.4) is 0 Å². The van der Waals surface area contributed by atoms with Gasteiger partial charge in [0.1, 0.15) is 11.5 Å². The lowest BCUT2D eigenvalue weighted by atomic mass is 9.95. The number of likely N-dealkylation sites (tertiary alicyclic amines) is 1. The Bertz CT molecular complexity index is 950. The maximum atomic E-state index is 12.7. The molecule has 2 aromatic carbocycles. The number of carboxylic acid groups (broad SMARTS) is 1. The van der Waals surface area contributed by atoms with E-state index in [2.05, 4.69) is 0 Å². The molecule has 28 heavy (non-hydrogen) atoms. The van der Waals surface area contributed by atoms with Gasteiger partial charge in [0.05, 0.1) is 25.1 Å². The fraction of sp³-hybridized carbons (Fsp3) is 0.190. The topological polar surface area (TPSA) is 104 Å². The molecule has 1 aliphatic heterocycles. The van der Waals surface area contributed by atoms with Gasteiger partial charge in [-0.3, -0.25) is 14.4 Å². The van der Waals surface area contributed by atoms with E-state index in [1.165, 1.54) is 12.0 Å². The third-order valence-corrected chi connectivity index (χ3v) is 4.56. The van der Waals surface area contributed by atoms with Gasteiger partial charge in [0.15, 0.2) is 0 Å². The Morgan fingerprint density at radius 3 is 2.43 bits per heavy atom. The molecule has 2 aromatic rings. The number of nitrogens with zero attached hydrogens (tertiary/aromatic N) is 1. The second-order valence-corrected chi connectivity index (χ2v) is 6.28. The SMILES string of the molecule is COc1cccc(C2C(=C(O)c3ccccc3)C(=O)C(=O)N2CCC(=O)O)c1. The third kappa shape index (κ3) is 3.59. The van der Waals surface area contributed by atoms with Crippen LogP contribution in [0.15, 0.2) is 60.2 Å². The molecule has 0 saturated carbocycles. The zero-order chi connectivity index (χ0) is 20.3. The van der Waals surface area contributed by atoms with E-state index in [1.807, 2.05) is 0 Å². The molecule has 3 rings (SSSR count). The molecule has 0 aromatic heterocycles. The minimum atomic E-state index is -1.09. The third-order valence-electron chi connectivity index (χ3n) is 4.56. The van der Waals surface area contributed by atoms with Crippen LogP contribution in [0.5, 0.6) is 5.75 Å². The smallest absolute Gasteiger partial charge is 0.305 e. The van der Waals surface area contributed by atoms with Gasteiger partial charge in [-0.2, -0.15) is 0 Å². The normalized spacial score (nSPS) is 18.3. The number of hydrogen-bond acceptors (Lipinski definition) is 5. The van der Waals surface area contributed by atoms with Crippen LogP contribution >= 0.6 is 0 Å². The molecular weight excluding hydrogens is 362 g/mol. The second-order valence-electron chi connectivity index (χ2n) is 6.28. The van der Waals surface area contributed by atoms with Crippen LogP contribution in [0.25, 0.3) is 5.76 Å². The Kier molecular flexibility index (Phi) is 5.44. The molecule has 1 amide bonds. The highest BCUT2D eigenvalue weighted by Gasteiger charge is 2.46. The summed E-state index contributed by atoms with van der Waals surface area (Å²) in [7, 11) is 1.49. The van der Waals surface area contributed by atoms with Crippen molar-refractivity contribution in [3.63, 3.8) is 0 Å². The van der Waals surface area contributed by atoms with Crippen LogP contribution in [0.4, 0.5) is 0 Å². The van der Waals surface area contributed by atoms with Gasteiger partial charge in [0.2, 0.25) is 0 Å². The molecule has 7 nitrogen and oxygen atoms in total. The highest BCUT2D eigenvalue weighted by Crippen LogP contribution is 2.40. The number of rotatable bonds is 6. The number of ether oxygens (including phenoxy) is 1. The van der Waals surface area contributed by atoms with Crippen LogP contribution in [0.1, 0.15) is 23.6 Å². The monoisotopic (exact) mass is 381 g/mol. The van der Waals surface area contributed by atoms with Gasteiger partial charge in [0.25, 0.3) is 11.7 Å². The van der Waals surface area contributed by atoms with Gasteiger partial charge in [-0.1, -0.05) is 42.5 Å². The lowest BCUT2D eigenvalue weighted by Gasteiger charge is -2.25. The number of carbonyl (C=O) groups is 3. The summed E-state index contributed by atoms with van der Waals surface area (Å²) in [5.74, 6) is -2.56. The fourth-order valence-electron chi connectivity index (χ4n) is 3.24. The summed E-state index contributed by atoms with van der Waals surface area (Å²) in [4.78, 5) is 37.5. The largest absolute Gasteiger partial charge is 0.507 e. The average Bonchev–Trinajstić information content (AvgIpc) is 2.97. The summed E-state index contributed by atoms with van der Waals surface area (Å²) < 4.78 is 5.22. The van der Waals surface area contributed by atoms with Crippen LogP contribution in [-0.2, 0) is 14.4 Å². The number of aliphatic carboxylic acids is 1. The molecule has 144 valence electrons. The number of carboxylic acids is 1. The molecule has 1 saturated heterocycles. The minimum Gasteiger partial charge on any atom is -0.507 e. The standard InChI is InChI=1S/C21H19NO6/c1-28-15-9-5-8-14(12-15)18-17(19(25)13-6-3-2-4-7-13)20(26)21(27)22(18)11-10-16(23)24/h2-9,12,18,25H,10-11H2,1H3,(H,23,24). The number of aliphatic hydroxyl groups is 1. The maximum absolute atomic E-state index is 12.7. The van der Waals surface area contributed by atoms with Crippen LogP contribution in [0, 0.1) is 0 Å². The highest BCUT2D eigenvalue weighted by atomic mass is 16.5. The summed E-state index contributed by atoms with van der Waals surface area (Å²) in [6.45, 7) is -0.159. The number of aliphatic hydroxyl groups excluding tert-OH is 1. The number of methoxy groups -OCH3 is 1. The van der Waals surface area contributed by atoms with Gasteiger partial charge in [-0.25, -0.2) is 0 Å². The van der Waals surface area contributed by atoms with Gasteiger partial charge in [-0.05, 0) is 17.7 Å². The van der Waals surface area contributed by atoms with Crippen molar-refractivity contribution in [1.29, 1.82) is 0 Å². The zero-order valence-electron chi connectivity index (χ0n) is 15.2. The predicted octanol–water partition coefficient (Wildman–Crippen LogP) is 2.59. The number of hydrogen-bond donors (Lipinski definition) is 2. The first-order valence-electron chi connectivity index (χ1n) is 8.63. The molecule has 2 N–H and O–H groups in total. The van der Waals surface area contributed by atoms with Crippen molar-refractivity contribution in [2.24, 2.45) is 0 Å². The summed E-state index contributed by atoms with van der Waals surface area (Å²) in [5, 5.41) is 19.8. The quantitative estimate of drug-likeness (QED) is 0.453. The van der Waals surface area contributed by atoms with E-state index >= 15 is 0 Å². The first kappa shape index (κ1) is 19.2. The lowest BCUT2D eigenvalue weighted by Crippen LogP contribution is -2.31. The minimum absolute atomic E-state index is 0.0742.